The van der Waals surface area contributed by atoms with Crippen LogP contribution in [0, 0.1) is 34.5 Å². The molecule has 1 aliphatic heterocycles. The molecule has 5 aliphatic rings. The molecular formula is C29H35NO7. The lowest BCUT2D eigenvalue weighted by Crippen LogP contribution is -2.66. The Morgan fingerprint density at radius 1 is 1.27 bits per heavy atom. The number of Topliss-reactive ketones (excluding diaryl/α,β-unsaturated/α-hetero) is 1. The number of nitrogens with zero attached hydrogens (tertiary/aromatic N) is 1. The van der Waals surface area contributed by atoms with E-state index in [1.165, 1.54) is 4.90 Å². The number of carbonyl (C=O) groups excluding carboxylic acids is 2. The Labute approximate surface area is 216 Å². The molecule has 6 rings (SSSR count). The second kappa shape index (κ2) is 7.91. The number of para-hydroxylation sites is 2. The van der Waals surface area contributed by atoms with E-state index in [9.17, 15) is 24.9 Å². The van der Waals surface area contributed by atoms with Crippen molar-refractivity contribution in [3.63, 3.8) is 0 Å². The van der Waals surface area contributed by atoms with E-state index in [0.29, 0.717) is 23.4 Å². The number of fused-ring (bicyclic) bond motifs is 4. The van der Waals surface area contributed by atoms with Crippen LogP contribution in [0.5, 0.6) is 5.75 Å². The van der Waals surface area contributed by atoms with Gasteiger partial charge in [-0.05, 0) is 59.8 Å². The lowest BCUT2D eigenvalue weighted by molar-refractivity contribution is -0.189. The second-order valence-corrected chi connectivity index (χ2v) is 12.1. The van der Waals surface area contributed by atoms with Gasteiger partial charge in [0.15, 0.2) is 17.5 Å². The Hall–Kier alpha value is -2.68. The molecule has 8 heteroatoms. The molecule has 198 valence electrons. The summed E-state index contributed by atoms with van der Waals surface area (Å²) in [5.41, 5.74) is -2.39. The number of carbonyl (C=O) groups is 2. The molecule has 2 bridgehead atoms. The van der Waals surface area contributed by atoms with Gasteiger partial charge in [0.1, 0.15) is 18.5 Å². The molecule has 1 amide bonds. The van der Waals surface area contributed by atoms with Crippen LogP contribution in [0.4, 0.5) is 10.5 Å². The summed E-state index contributed by atoms with van der Waals surface area (Å²) in [7, 11) is 0. The van der Waals surface area contributed by atoms with Crippen LogP contribution in [0.25, 0.3) is 0 Å². The molecule has 2 fully saturated rings. The summed E-state index contributed by atoms with van der Waals surface area (Å²) < 4.78 is 11.7. The highest BCUT2D eigenvalue weighted by Gasteiger charge is 2.76. The lowest BCUT2D eigenvalue weighted by atomic mass is 9.59. The number of hydrogen-bond acceptors (Lipinski definition) is 7. The molecule has 1 aromatic carbocycles. The highest BCUT2D eigenvalue weighted by atomic mass is 16.6. The van der Waals surface area contributed by atoms with E-state index in [1.54, 1.807) is 37.3 Å². The van der Waals surface area contributed by atoms with Crippen LogP contribution in [0.3, 0.4) is 0 Å². The summed E-state index contributed by atoms with van der Waals surface area (Å²) in [5.74, 6) is -0.118. The molecule has 0 aromatic heterocycles. The van der Waals surface area contributed by atoms with E-state index in [-0.39, 0.29) is 47.7 Å². The van der Waals surface area contributed by atoms with Crippen LogP contribution in [-0.2, 0) is 9.53 Å². The summed E-state index contributed by atoms with van der Waals surface area (Å²) in [6.45, 7) is 8.02. The van der Waals surface area contributed by atoms with Crippen LogP contribution in [0.1, 0.15) is 34.1 Å². The predicted molar refractivity (Wildman–Crippen MR) is 135 cm³/mol. The van der Waals surface area contributed by atoms with Gasteiger partial charge < -0.3 is 24.8 Å². The van der Waals surface area contributed by atoms with Gasteiger partial charge in [0, 0.05) is 5.92 Å². The number of rotatable bonds is 2. The van der Waals surface area contributed by atoms with Gasteiger partial charge in [-0.15, -0.1) is 0 Å². The van der Waals surface area contributed by atoms with E-state index in [0.717, 1.165) is 0 Å². The van der Waals surface area contributed by atoms with Gasteiger partial charge in [-0.2, -0.15) is 0 Å². The molecule has 1 aromatic rings. The summed E-state index contributed by atoms with van der Waals surface area (Å²) in [6.07, 6.45) is 0.573. The van der Waals surface area contributed by atoms with Crippen molar-refractivity contribution in [3.05, 3.63) is 47.6 Å². The second-order valence-electron chi connectivity index (χ2n) is 12.1. The van der Waals surface area contributed by atoms with Crippen molar-refractivity contribution in [1.29, 1.82) is 0 Å². The van der Waals surface area contributed by atoms with E-state index in [4.69, 9.17) is 9.47 Å². The molecule has 1 spiro atoms. The minimum Gasteiger partial charge on any atom is -0.490 e. The summed E-state index contributed by atoms with van der Waals surface area (Å²) in [6, 6.07) is 7.13. The molecule has 2 saturated carbocycles. The van der Waals surface area contributed by atoms with Gasteiger partial charge in [-0.25, -0.2) is 4.79 Å². The van der Waals surface area contributed by atoms with Crippen LogP contribution in [0.2, 0.25) is 0 Å². The van der Waals surface area contributed by atoms with Crippen LogP contribution < -0.4 is 9.64 Å². The number of benzene rings is 1. The minimum absolute atomic E-state index is 0.0480. The zero-order valence-corrected chi connectivity index (χ0v) is 21.7. The number of allylic oxidation sites excluding steroid dienone is 1. The van der Waals surface area contributed by atoms with Crippen LogP contribution in [0.15, 0.2) is 47.6 Å². The number of anilines is 1. The van der Waals surface area contributed by atoms with E-state index >= 15 is 0 Å². The molecular weight excluding hydrogens is 474 g/mol. The summed E-state index contributed by atoms with van der Waals surface area (Å²) >= 11 is 0. The number of ether oxygens (including phenoxy) is 2. The van der Waals surface area contributed by atoms with E-state index in [1.807, 2.05) is 13.0 Å². The van der Waals surface area contributed by atoms with Crippen molar-refractivity contribution < 1.29 is 34.4 Å². The fraction of sp³-hybridized carbons (Fsp3) is 0.586. The van der Waals surface area contributed by atoms with Crippen molar-refractivity contribution in [2.24, 2.45) is 34.5 Å². The molecule has 3 N–H and O–H groups in total. The molecule has 0 radical (unpaired) electrons. The smallest absolute Gasteiger partial charge is 0.415 e. The average molecular weight is 510 g/mol. The van der Waals surface area contributed by atoms with Gasteiger partial charge in [0.25, 0.3) is 0 Å². The maximum absolute atomic E-state index is 14.4. The Bertz CT molecular complexity index is 1240. The summed E-state index contributed by atoms with van der Waals surface area (Å²) in [4.78, 5) is 29.4. The third kappa shape index (κ3) is 3.00. The highest BCUT2D eigenvalue weighted by molar-refractivity contribution is 5.96. The van der Waals surface area contributed by atoms with Gasteiger partial charge >= 0.3 is 6.09 Å². The van der Waals surface area contributed by atoms with Gasteiger partial charge in [0.2, 0.25) is 0 Å². The van der Waals surface area contributed by atoms with Gasteiger partial charge in [0.05, 0.1) is 24.3 Å². The Morgan fingerprint density at radius 3 is 2.73 bits per heavy atom. The van der Waals surface area contributed by atoms with Gasteiger partial charge in [-0.1, -0.05) is 45.1 Å². The van der Waals surface area contributed by atoms with Crippen LogP contribution >= 0.6 is 0 Å². The summed E-state index contributed by atoms with van der Waals surface area (Å²) in [5, 5.41) is 34.4. The van der Waals surface area contributed by atoms with E-state index < -0.39 is 41.8 Å². The zero-order chi connectivity index (χ0) is 26.5. The number of aliphatic hydroxyl groups is 3. The number of ketones is 1. The third-order valence-electron chi connectivity index (χ3n) is 10.1. The zero-order valence-electron chi connectivity index (χ0n) is 21.7. The topological polar surface area (TPSA) is 117 Å². The van der Waals surface area contributed by atoms with Crippen molar-refractivity contribution in [1.82, 2.24) is 0 Å². The maximum Gasteiger partial charge on any atom is 0.415 e. The number of hydrogen-bond donors (Lipinski definition) is 3. The SMILES string of the molecule is CC1=C[C@]23C(=O)[C@@H](C=C(CO)[C@@H](O)[C@]2(O)[C@H]1OC(=O)N1CCOc2ccccc21)[C@H]1[C@@H](C[C@H]3C)C1(C)C. The third-order valence-corrected chi connectivity index (χ3v) is 10.1. The molecule has 0 unspecified atom stereocenters. The first kappa shape index (κ1) is 24.6. The van der Waals surface area contributed by atoms with Crippen molar-refractivity contribution in [2.45, 2.75) is 51.9 Å². The first-order valence-corrected chi connectivity index (χ1v) is 13.2. The molecule has 8 atom stereocenters. The number of aliphatic hydroxyl groups excluding tert-OH is 2. The van der Waals surface area contributed by atoms with Crippen molar-refractivity contribution in [2.75, 3.05) is 24.7 Å². The lowest BCUT2D eigenvalue weighted by Gasteiger charge is -2.49. The Morgan fingerprint density at radius 2 is 2.00 bits per heavy atom. The fourth-order valence-corrected chi connectivity index (χ4v) is 8.12. The van der Waals surface area contributed by atoms with Gasteiger partial charge in [-0.3, -0.25) is 9.69 Å². The molecule has 0 saturated heterocycles. The normalized spacial score (nSPS) is 41.2. The first-order valence-electron chi connectivity index (χ1n) is 13.2. The molecule has 37 heavy (non-hydrogen) atoms. The maximum atomic E-state index is 14.4. The molecule has 1 heterocycles. The fourth-order valence-electron chi connectivity index (χ4n) is 8.12. The predicted octanol–water partition coefficient (Wildman–Crippen LogP) is 2.86. The van der Waals surface area contributed by atoms with Crippen molar-refractivity contribution >= 4 is 17.6 Å². The van der Waals surface area contributed by atoms with Crippen molar-refractivity contribution in [3.8, 4) is 5.75 Å². The van der Waals surface area contributed by atoms with Crippen LogP contribution in [-0.4, -0.2) is 64.8 Å². The highest BCUT2D eigenvalue weighted by Crippen LogP contribution is 2.71. The minimum atomic E-state index is -2.15. The largest absolute Gasteiger partial charge is 0.490 e. The van der Waals surface area contributed by atoms with E-state index in [2.05, 4.69) is 13.8 Å². The first-order chi connectivity index (χ1) is 17.5. The number of amides is 1. The molecule has 4 aliphatic carbocycles. The Balaban J connectivity index is 1.43. The monoisotopic (exact) mass is 509 g/mol. The average Bonchev–Trinajstić information content (AvgIpc) is 3.37. The quantitative estimate of drug-likeness (QED) is 0.525. The molecule has 8 nitrogen and oxygen atoms in total. The standard InChI is InChI=1S/C29H35NO7/c1-15-13-28-16(2)11-19-22(27(19,3)4)18(24(28)33)12-17(14-31)23(32)29(28,35)25(15)37-26(34)30-9-10-36-21-8-6-5-7-20(21)30/h5-8,12-13,16,18-19,22-23,25,31-32,35H,9-11,14H2,1-4H3/t16-,18+,19-,22+,23-,25+,28+,29+/m1/s1. The Kier molecular flexibility index (Phi) is 5.27.